The van der Waals surface area contributed by atoms with Crippen LogP contribution in [0.4, 0.5) is 0 Å². The number of aromatic nitrogens is 2. The van der Waals surface area contributed by atoms with Crippen molar-refractivity contribution in [2.45, 2.75) is 38.9 Å². The van der Waals surface area contributed by atoms with Crippen LogP contribution in [-0.2, 0) is 9.84 Å². The molecule has 21 heavy (non-hydrogen) atoms. The largest absolute Gasteiger partial charge is 0.337 e. The lowest BCUT2D eigenvalue weighted by Gasteiger charge is -2.32. The van der Waals surface area contributed by atoms with Gasteiger partial charge in [0.2, 0.25) is 0 Å². The first-order valence-electron chi connectivity index (χ1n) is 7.11. The average Bonchev–Trinajstić information content (AvgIpc) is 2.83. The van der Waals surface area contributed by atoms with Crippen LogP contribution in [0.3, 0.4) is 0 Å². The van der Waals surface area contributed by atoms with Crippen LogP contribution in [0.15, 0.2) is 0 Å². The fraction of sp³-hybridized carbons (Fsp3) is 0.769. The van der Waals surface area contributed by atoms with Gasteiger partial charge in [0.25, 0.3) is 5.91 Å². The van der Waals surface area contributed by atoms with Crippen molar-refractivity contribution in [1.29, 1.82) is 0 Å². The average molecular weight is 331 g/mol. The van der Waals surface area contributed by atoms with E-state index in [0.717, 1.165) is 18.0 Å². The summed E-state index contributed by atoms with van der Waals surface area (Å²) >= 11 is 1.07. The SMILES string of the molecule is Cc1nnsc1C(=O)N1CCCC(S(=O)(=O)CC(C)C)C1. The maximum Gasteiger partial charge on any atom is 0.267 e. The van der Waals surface area contributed by atoms with E-state index in [4.69, 9.17) is 0 Å². The van der Waals surface area contributed by atoms with E-state index < -0.39 is 15.1 Å². The molecular weight excluding hydrogens is 310 g/mol. The summed E-state index contributed by atoms with van der Waals surface area (Å²) in [7, 11) is -3.15. The van der Waals surface area contributed by atoms with Crippen LogP contribution in [0.5, 0.6) is 0 Å². The number of rotatable bonds is 4. The second-order valence-electron chi connectivity index (χ2n) is 5.93. The fourth-order valence-corrected chi connectivity index (χ4v) is 5.35. The maximum absolute atomic E-state index is 12.4. The lowest BCUT2D eigenvalue weighted by atomic mass is 10.1. The molecule has 1 amide bonds. The topological polar surface area (TPSA) is 80.2 Å². The molecule has 0 bridgehead atoms. The second-order valence-corrected chi connectivity index (χ2v) is 9.01. The summed E-state index contributed by atoms with van der Waals surface area (Å²) in [6.07, 6.45) is 1.36. The number of nitrogens with zero attached hydrogens (tertiary/aromatic N) is 3. The van der Waals surface area contributed by atoms with E-state index in [-0.39, 0.29) is 24.1 Å². The number of hydrogen-bond acceptors (Lipinski definition) is 6. The quantitative estimate of drug-likeness (QED) is 0.835. The standard InChI is InChI=1S/C13H21N3O3S2/c1-9(2)8-21(18,19)11-5-4-6-16(7-11)13(17)12-10(3)14-15-20-12/h9,11H,4-8H2,1-3H3. The van der Waals surface area contributed by atoms with Crippen molar-refractivity contribution in [1.82, 2.24) is 14.5 Å². The third kappa shape index (κ3) is 3.79. The van der Waals surface area contributed by atoms with Gasteiger partial charge in [-0.05, 0) is 37.2 Å². The zero-order valence-electron chi connectivity index (χ0n) is 12.6. The lowest BCUT2D eigenvalue weighted by Crippen LogP contribution is -2.46. The number of carbonyl (C=O) groups is 1. The highest BCUT2D eigenvalue weighted by molar-refractivity contribution is 7.92. The monoisotopic (exact) mass is 331 g/mol. The molecule has 118 valence electrons. The zero-order valence-corrected chi connectivity index (χ0v) is 14.2. The molecule has 1 fully saturated rings. The predicted molar refractivity (Wildman–Crippen MR) is 82.2 cm³/mol. The molecule has 6 nitrogen and oxygen atoms in total. The van der Waals surface area contributed by atoms with Crippen LogP contribution in [0, 0.1) is 12.8 Å². The molecule has 1 unspecified atom stereocenters. The Morgan fingerprint density at radius 3 is 2.76 bits per heavy atom. The van der Waals surface area contributed by atoms with E-state index in [1.807, 2.05) is 13.8 Å². The third-order valence-corrected chi connectivity index (χ3v) is 6.93. The molecule has 1 aliphatic rings. The molecule has 2 rings (SSSR count). The number of hydrogen-bond donors (Lipinski definition) is 0. The smallest absolute Gasteiger partial charge is 0.267 e. The summed E-state index contributed by atoms with van der Waals surface area (Å²) in [5.74, 6) is 0.141. The van der Waals surface area contributed by atoms with Gasteiger partial charge in [-0.3, -0.25) is 4.79 Å². The number of carbonyl (C=O) groups excluding carboxylic acids is 1. The molecular formula is C13H21N3O3S2. The summed E-state index contributed by atoms with van der Waals surface area (Å²) in [5.41, 5.74) is 0.608. The van der Waals surface area contributed by atoms with Crippen molar-refractivity contribution in [3.05, 3.63) is 10.6 Å². The summed E-state index contributed by atoms with van der Waals surface area (Å²) in [6.45, 7) is 6.42. The van der Waals surface area contributed by atoms with Crippen LogP contribution in [0.2, 0.25) is 0 Å². The van der Waals surface area contributed by atoms with Crippen LogP contribution < -0.4 is 0 Å². The van der Waals surface area contributed by atoms with E-state index in [1.165, 1.54) is 0 Å². The highest BCUT2D eigenvalue weighted by atomic mass is 32.2. The van der Waals surface area contributed by atoms with Crippen LogP contribution in [-0.4, -0.2) is 52.9 Å². The van der Waals surface area contributed by atoms with Gasteiger partial charge in [-0.15, -0.1) is 5.10 Å². The normalized spacial score (nSPS) is 20.0. The van der Waals surface area contributed by atoms with Crippen molar-refractivity contribution in [3.8, 4) is 0 Å². The molecule has 2 heterocycles. The summed E-state index contributed by atoms with van der Waals surface area (Å²) < 4.78 is 28.5. The van der Waals surface area contributed by atoms with Crippen LogP contribution >= 0.6 is 11.5 Å². The Morgan fingerprint density at radius 2 is 2.19 bits per heavy atom. The van der Waals surface area contributed by atoms with Gasteiger partial charge in [0.15, 0.2) is 9.84 Å². The maximum atomic E-state index is 12.4. The Morgan fingerprint density at radius 1 is 1.48 bits per heavy atom. The number of piperidine rings is 1. The zero-order chi connectivity index (χ0) is 15.6. The van der Waals surface area contributed by atoms with Crippen molar-refractivity contribution in [3.63, 3.8) is 0 Å². The molecule has 8 heteroatoms. The summed E-state index contributed by atoms with van der Waals surface area (Å²) in [6, 6.07) is 0. The molecule has 1 saturated heterocycles. The Hall–Kier alpha value is -1.02. The first kappa shape index (κ1) is 16.4. The molecule has 0 radical (unpaired) electrons. The van der Waals surface area contributed by atoms with Gasteiger partial charge >= 0.3 is 0 Å². The van der Waals surface area contributed by atoms with E-state index in [0.29, 0.717) is 23.5 Å². The van der Waals surface area contributed by atoms with Gasteiger partial charge in [0.1, 0.15) is 4.88 Å². The number of aryl methyl sites for hydroxylation is 1. The third-order valence-electron chi connectivity index (χ3n) is 3.58. The molecule has 0 N–H and O–H groups in total. The molecule has 0 aromatic carbocycles. The van der Waals surface area contributed by atoms with E-state index in [2.05, 4.69) is 9.59 Å². The summed E-state index contributed by atoms with van der Waals surface area (Å²) in [5, 5.41) is 3.40. The first-order chi connectivity index (χ1) is 9.81. The van der Waals surface area contributed by atoms with E-state index >= 15 is 0 Å². The van der Waals surface area contributed by atoms with Crippen molar-refractivity contribution in [2.75, 3.05) is 18.8 Å². The number of likely N-dealkylation sites (tertiary alicyclic amines) is 1. The van der Waals surface area contributed by atoms with Crippen LogP contribution in [0.1, 0.15) is 42.1 Å². The Bertz CT molecular complexity index is 610. The minimum absolute atomic E-state index is 0.106. The molecule has 0 spiro atoms. The van der Waals surface area contributed by atoms with Gasteiger partial charge in [0.05, 0.1) is 16.7 Å². The highest BCUT2D eigenvalue weighted by Crippen LogP contribution is 2.22. The van der Waals surface area contributed by atoms with Crippen LogP contribution in [0.25, 0.3) is 0 Å². The van der Waals surface area contributed by atoms with Crippen molar-refractivity contribution < 1.29 is 13.2 Å². The Labute approximate surface area is 129 Å². The Kier molecular flexibility index (Phi) is 4.98. The van der Waals surface area contributed by atoms with E-state index in [1.54, 1.807) is 11.8 Å². The summed E-state index contributed by atoms with van der Waals surface area (Å²) in [4.78, 5) is 14.6. The van der Waals surface area contributed by atoms with Gasteiger partial charge < -0.3 is 4.90 Å². The van der Waals surface area contributed by atoms with Crippen molar-refractivity contribution >= 4 is 27.3 Å². The molecule has 1 aliphatic heterocycles. The van der Waals surface area contributed by atoms with Gasteiger partial charge in [0, 0.05) is 13.1 Å². The van der Waals surface area contributed by atoms with Gasteiger partial charge in [-0.2, -0.15) is 0 Å². The molecule has 1 atom stereocenters. The van der Waals surface area contributed by atoms with Crippen molar-refractivity contribution in [2.24, 2.45) is 5.92 Å². The minimum atomic E-state index is -3.15. The highest BCUT2D eigenvalue weighted by Gasteiger charge is 2.34. The second kappa shape index (κ2) is 6.39. The molecule has 0 aliphatic carbocycles. The minimum Gasteiger partial charge on any atom is -0.337 e. The number of sulfone groups is 1. The molecule has 0 saturated carbocycles. The lowest BCUT2D eigenvalue weighted by molar-refractivity contribution is 0.0731. The van der Waals surface area contributed by atoms with E-state index in [9.17, 15) is 13.2 Å². The first-order valence-corrected chi connectivity index (χ1v) is 9.60. The van der Waals surface area contributed by atoms with Gasteiger partial charge in [-0.1, -0.05) is 18.3 Å². The Balaban J connectivity index is 2.11. The number of amides is 1. The predicted octanol–water partition coefficient (Wildman–Crippen LogP) is 1.52. The molecule has 1 aromatic heterocycles. The molecule has 1 aromatic rings. The fourth-order valence-electron chi connectivity index (χ4n) is 2.59. The van der Waals surface area contributed by atoms with Gasteiger partial charge in [-0.25, -0.2) is 8.42 Å².